The largest absolute Gasteiger partial charge is 0.369 e. The van der Waals surface area contributed by atoms with Crippen molar-refractivity contribution in [2.75, 3.05) is 29.0 Å². The van der Waals surface area contributed by atoms with Crippen LogP contribution in [0.1, 0.15) is 38.5 Å². The van der Waals surface area contributed by atoms with E-state index in [1.807, 2.05) is 24.3 Å². The Bertz CT molecular complexity index is 839. The van der Waals surface area contributed by atoms with Crippen LogP contribution in [0.15, 0.2) is 34.9 Å². The van der Waals surface area contributed by atoms with Gasteiger partial charge in [-0.05, 0) is 59.9 Å². The van der Waals surface area contributed by atoms with Crippen LogP contribution in [0.5, 0.6) is 0 Å². The van der Waals surface area contributed by atoms with Crippen molar-refractivity contribution >= 4 is 45.0 Å². The number of nitrogens with two attached hydrogens (primary N) is 2. The zero-order valence-corrected chi connectivity index (χ0v) is 18.0. The Hall–Kier alpha value is -2.23. The van der Waals surface area contributed by atoms with Gasteiger partial charge in [-0.3, -0.25) is 4.79 Å². The summed E-state index contributed by atoms with van der Waals surface area (Å²) in [7, 11) is 0. The zero-order chi connectivity index (χ0) is 20.7. The first kappa shape index (κ1) is 21.5. The van der Waals surface area contributed by atoms with Crippen molar-refractivity contribution < 1.29 is 4.79 Å². The molecule has 0 aliphatic heterocycles. The van der Waals surface area contributed by atoms with Crippen molar-refractivity contribution in [2.24, 2.45) is 11.5 Å². The van der Waals surface area contributed by atoms with Gasteiger partial charge >= 0.3 is 0 Å². The van der Waals surface area contributed by atoms with Gasteiger partial charge in [-0.1, -0.05) is 25.3 Å². The van der Waals surface area contributed by atoms with Crippen LogP contribution in [0, 0.1) is 0 Å². The van der Waals surface area contributed by atoms with Gasteiger partial charge in [-0.2, -0.15) is 4.98 Å². The number of aromatic nitrogens is 2. The fourth-order valence-electron chi connectivity index (χ4n) is 3.33. The maximum Gasteiger partial charge on any atom is 0.244 e. The van der Waals surface area contributed by atoms with Crippen molar-refractivity contribution in [1.29, 1.82) is 0 Å². The van der Waals surface area contributed by atoms with Crippen LogP contribution in [-0.4, -0.2) is 34.5 Å². The SMILES string of the molecule is NCCCNc1nc(Nc2cccc(NC(=O)C3(N)CCCCC3)c2)ncc1Br. The van der Waals surface area contributed by atoms with E-state index in [1.165, 1.54) is 0 Å². The number of hydrogen-bond donors (Lipinski definition) is 5. The lowest BCUT2D eigenvalue weighted by Gasteiger charge is -2.31. The Morgan fingerprint density at radius 2 is 1.97 bits per heavy atom. The summed E-state index contributed by atoms with van der Waals surface area (Å²) in [4.78, 5) is 21.4. The van der Waals surface area contributed by atoms with Crippen LogP contribution in [0.25, 0.3) is 0 Å². The molecule has 1 heterocycles. The molecular weight excluding hydrogens is 434 g/mol. The molecule has 1 aliphatic rings. The van der Waals surface area contributed by atoms with Gasteiger partial charge < -0.3 is 27.4 Å². The highest BCUT2D eigenvalue weighted by molar-refractivity contribution is 9.10. The number of rotatable bonds is 8. The Labute approximate surface area is 179 Å². The van der Waals surface area contributed by atoms with Crippen LogP contribution >= 0.6 is 15.9 Å². The first-order chi connectivity index (χ1) is 14.0. The van der Waals surface area contributed by atoms with Crippen molar-refractivity contribution in [3.63, 3.8) is 0 Å². The summed E-state index contributed by atoms with van der Waals surface area (Å²) in [6.07, 6.45) is 7.12. The van der Waals surface area contributed by atoms with Crippen molar-refractivity contribution in [2.45, 2.75) is 44.1 Å². The van der Waals surface area contributed by atoms with Gasteiger partial charge in [-0.15, -0.1) is 0 Å². The number of benzene rings is 1. The van der Waals surface area contributed by atoms with Crippen molar-refractivity contribution in [3.8, 4) is 0 Å². The molecule has 0 atom stereocenters. The number of carbonyl (C=O) groups excluding carboxylic acids is 1. The molecule has 1 saturated carbocycles. The maximum atomic E-state index is 12.7. The van der Waals surface area contributed by atoms with Gasteiger partial charge in [0.15, 0.2) is 0 Å². The smallest absolute Gasteiger partial charge is 0.244 e. The third-order valence-corrected chi connectivity index (χ3v) is 5.57. The van der Waals surface area contributed by atoms with Gasteiger partial charge in [0.25, 0.3) is 0 Å². The van der Waals surface area contributed by atoms with E-state index in [1.54, 1.807) is 6.20 Å². The first-order valence-electron chi connectivity index (χ1n) is 9.94. The molecule has 0 unspecified atom stereocenters. The highest BCUT2D eigenvalue weighted by atomic mass is 79.9. The van der Waals surface area contributed by atoms with E-state index >= 15 is 0 Å². The minimum absolute atomic E-state index is 0.124. The molecule has 0 radical (unpaired) electrons. The van der Waals surface area contributed by atoms with Crippen LogP contribution in [-0.2, 0) is 4.79 Å². The number of amides is 1. The predicted octanol–water partition coefficient (Wildman–Crippen LogP) is 3.34. The van der Waals surface area contributed by atoms with Gasteiger partial charge in [0.1, 0.15) is 5.82 Å². The summed E-state index contributed by atoms with van der Waals surface area (Å²) in [5.74, 6) is 1.03. The van der Waals surface area contributed by atoms with E-state index in [9.17, 15) is 4.79 Å². The highest BCUT2D eigenvalue weighted by Crippen LogP contribution is 2.28. The van der Waals surface area contributed by atoms with Gasteiger partial charge in [0.05, 0.1) is 10.0 Å². The number of anilines is 4. The number of nitrogens with one attached hydrogen (secondary N) is 3. The van der Waals surface area contributed by atoms with E-state index in [2.05, 4.69) is 41.8 Å². The quantitative estimate of drug-likeness (QED) is 0.380. The van der Waals surface area contributed by atoms with E-state index in [0.29, 0.717) is 24.0 Å². The third kappa shape index (κ3) is 5.88. The molecule has 1 aliphatic carbocycles. The molecule has 1 fully saturated rings. The van der Waals surface area contributed by atoms with Crippen molar-refractivity contribution in [3.05, 3.63) is 34.9 Å². The second-order valence-corrected chi connectivity index (χ2v) is 8.19. The van der Waals surface area contributed by atoms with E-state index in [4.69, 9.17) is 11.5 Å². The van der Waals surface area contributed by atoms with E-state index in [-0.39, 0.29) is 5.91 Å². The molecule has 7 N–H and O–H groups in total. The lowest BCUT2D eigenvalue weighted by Crippen LogP contribution is -2.52. The number of hydrogen-bond acceptors (Lipinski definition) is 7. The molecule has 1 amide bonds. The predicted molar refractivity (Wildman–Crippen MR) is 120 cm³/mol. The Morgan fingerprint density at radius 3 is 2.72 bits per heavy atom. The molecule has 1 aromatic heterocycles. The Morgan fingerprint density at radius 1 is 1.21 bits per heavy atom. The van der Waals surface area contributed by atoms with Gasteiger partial charge in [0.2, 0.25) is 11.9 Å². The van der Waals surface area contributed by atoms with Crippen LogP contribution in [0.2, 0.25) is 0 Å². The number of carbonyl (C=O) groups is 1. The minimum Gasteiger partial charge on any atom is -0.369 e. The summed E-state index contributed by atoms with van der Waals surface area (Å²) in [5, 5.41) is 9.36. The molecule has 29 heavy (non-hydrogen) atoms. The molecular formula is C20H28BrN7O. The molecule has 1 aromatic carbocycles. The van der Waals surface area contributed by atoms with Crippen LogP contribution < -0.4 is 27.4 Å². The fourth-order valence-corrected chi connectivity index (χ4v) is 3.66. The average Bonchev–Trinajstić information content (AvgIpc) is 2.71. The minimum atomic E-state index is -0.777. The summed E-state index contributed by atoms with van der Waals surface area (Å²) < 4.78 is 0.779. The molecule has 0 saturated heterocycles. The standard InChI is InChI=1S/C20H28BrN7O/c21-16-13-25-19(28-17(16)24-11-5-10-22)27-15-7-4-6-14(12-15)26-18(29)20(23)8-2-1-3-9-20/h4,6-7,12-13H,1-3,5,8-11,22-23H2,(H,26,29)(H2,24,25,27,28). The van der Waals surface area contributed by atoms with E-state index < -0.39 is 5.54 Å². The zero-order valence-electron chi connectivity index (χ0n) is 16.4. The third-order valence-electron chi connectivity index (χ3n) is 4.99. The summed E-state index contributed by atoms with van der Waals surface area (Å²) >= 11 is 3.44. The van der Waals surface area contributed by atoms with E-state index in [0.717, 1.165) is 55.2 Å². The Kier molecular flexibility index (Phi) is 7.40. The van der Waals surface area contributed by atoms with Crippen LogP contribution in [0.3, 0.4) is 0 Å². The molecule has 3 rings (SSSR count). The highest BCUT2D eigenvalue weighted by Gasteiger charge is 2.35. The average molecular weight is 462 g/mol. The van der Waals surface area contributed by atoms with Crippen molar-refractivity contribution in [1.82, 2.24) is 9.97 Å². The summed E-state index contributed by atoms with van der Waals surface area (Å²) in [6.45, 7) is 1.34. The van der Waals surface area contributed by atoms with Gasteiger partial charge in [0, 0.05) is 24.1 Å². The molecule has 156 valence electrons. The van der Waals surface area contributed by atoms with Gasteiger partial charge in [-0.25, -0.2) is 4.98 Å². The Balaban J connectivity index is 1.67. The summed E-state index contributed by atoms with van der Waals surface area (Å²) in [6, 6.07) is 7.44. The molecule has 8 nitrogen and oxygen atoms in total. The molecule has 9 heteroatoms. The second-order valence-electron chi connectivity index (χ2n) is 7.34. The number of nitrogens with zero attached hydrogens (tertiary/aromatic N) is 2. The fraction of sp³-hybridized carbons (Fsp3) is 0.450. The summed E-state index contributed by atoms with van der Waals surface area (Å²) in [5.41, 5.74) is 12.5. The second kappa shape index (κ2) is 10.00. The lowest BCUT2D eigenvalue weighted by molar-refractivity contribution is -0.122. The normalized spacial score (nSPS) is 15.6. The number of halogens is 1. The first-order valence-corrected chi connectivity index (χ1v) is 10.7. The topological polar surface area (TPSA) is 131 Å². The molecule has 0 bridgehead atoms. The lowest BCUT2D eigenvalue weighted by atomic mass is 9.82. The van der Waals surface area contributed by atoms with Crippen LogP contribution in [0.4, 0.5) is 23.1 Å². The monoisotopic (exact) mass is 461 g/mol. The molecule has 0 spiro atoms. The molecule has 2 aromatic rings. The maximum absolute atomic E-state index is 12.7.